The molecule has 0 aliphatic rings. The van der Waals surface area contributed by atoms with E-state index >= 15 is 0 Å². The van der Waals surface area contributed by atoms with Crippen molar-refractivity contribution < 1.29 is 4.79 Å². The molecular weight excluding hydrogens is 380 g/mol. The van der Waals surface area contributed by atoms with Gasteiger partial charge in [-0.1, -0.05) is 148 Å². The number of hydrogen-bond acceptors (Lipinski definition) is 1. The lowest BCUT2D eigenvalue weighted by Crippen LogP contribution is -2.34. The Balaban J connectivity index is 3.04. The lowest BCUT2D eigenvalue weighted by atomic mass is 10.0. The van der Waals surface area contributed by atoms with Crippen LogP contribution in [-0.2, 0) is 0 Å². The van der Waals surface area contributed by atoms with Crippen molar-refractivity contribution in [3.8, 4) is 0 Å². The number of carbonyl (C=O) groups excluding carboxylic acids is 1. The van der Waals surface area contributed by atoms with Crippen LogP contribution in [0.4, 0.5) is 4.79 Å². The average Bonchev–Trinajstić information content (AvgIpc) is 2.76. The molecule has 3 heteroatoms. The molecule has 0 aliphatic heterocycles. The predicted octanol–water partition coefficient (Wildman–Crippen LogP) is 9.25. The van der Waals surface area contributed by atoms with Crippen LogP contribution in [0.25, 0.3) is 0 Å². The first kappa shape index (κ1) is 30.3. The van der Waals surface area contributed by atoms with E-state index in [9.17, 15) is 4.79 Å². The highest BCUT2D eigenvalue weighted by atomic mass is 16.2. The van der Waals surface area contributed by atoms with Crippen LogP contribution in [-0.4, -0.2) is 31.6 Å². The van der Waals surface area contributed by atoms with Gasteiger partial charge in [0.1, 0.15) is 0 Å². The van der Waals surface area contributed by atoms with Gasteiger partial charge in [-0.15, -0.1) is 0 Å². The van der Waals surface area contributed by atoms with Gasteiger partial charge in [0.2, 0.25) is 0 Å². The molecule has 0 atom stereocenters. The molecule has 0 heterocycles. The van der Waals surface area contributed by atoms with E-state index in [1.54, 1.807) is 19.0 Å². The Morgan fingerprint density at radius 3 is 1.00 bits per heavy atom. The number of amides is 2. The third kappa shape index (κ3) is 25.4. The lowest BCUT2D eigenvalue weighted by Gasteiger charge is -2.11. The van der Waals surface area contributed by atoms with Gasteiger partial charge in [-0.3, -0.25) is 0 Å². The summed E-state index contributed by atoms with van der Waals surface area (Å²) in [7, 11) is 3.57. The predicted molar refractivity (Wildman–Crippen MR) is 139 cm³/mol. The van der Waals surface area contributed by atoms with E-state index in [1.807, 2.05) is 0 Å². The van der Waals surface area contributed by atoms with Crippen molar-refractivity contribution in [3.05, 3.63) is 0 Å². The van der Waals surface area contributed by atoms with Crippen LogP contribution in [0.15, 0.2) is 0 Å². The first-order valence-corrected chi connectivity index (χ1v) is 14.1. The first-order chi connectivity index (χ1) is 15.2. The molecule has 0 unspecified atom stereocenters. The Bertz CT molecular complexity index is 357. The van der Waals surface area contributed by atoms with Gasteiger partial charge in [-0.05, 0) is 6.42 Å². The van der Waals surface area contributed by atoms with Crippen molar-refractivity contribution in [1.29, 1.82) is 0 Å². The molecule has 0 aromatic heterocycles. The smallest absolute Gasteiger partial charge is 0.316 e. The molecule has 0 aromatic carbocycles. The van der Waals surface area contributed by atoms with Gasteiger partial charge in [0.15, 0.2) is 0 Å². The molecule has 0 saturated heterocycles. The van der Waals surface area contributed by atoms with Gasteiger partial charge in [-0.2, -0.15) is 0 Å². The number of nitrogens with zero attached hydrogens (tertiary/aromatic N) is 1. The van der Waals surface area contributed by atoms with Crippen molar-refractivity contribution in [2.45, 2.75) is 155 Å². The summed E-state index contributed by atoms with van der Waals surface area (Å²) < 4.78 is 0. The molecule has 0 rings (SSSR count). The summed E-state index contributed by atoms with van der Waals surface area (Å²) in [4.78, 5) is 13.0. The van der Waals surface area contributed by atoms with E-state index in [4.69, 9.17) is 0 Å². The Hall–Kier alpha value is -0.730. The van der Waals surface area contributed by atoms with Gasteiger partial charge in [0, 0.05) is 20.6 Å². The highest BCUT2D eigenvalue weighted by Crippen LogP contribution is 2.15. The minimum absolute atomic E-state index is 0.0267. The van der Waals surface area contributed by atoms with Crippen LogP contribution in [0.2, 0.25) is 0 Å². The topological polar surface area (TPSA) is 32.3 Å². The zero-order chi connectivity index (χ0) is 22.8. The molecule has 0 radical (unpaired) electrons. The summed E-state index contributed by atoms with van der Waals surface area (Å²) in [6, 6.07) is 0.0267. The highest BCUT2D eigenvalue weighted by molar-refractivity contribution is 5.73. The summed E-state index contributed by atoms with van der Waals surface area (Å²) in [5.41, 5.74) is 0. The Morgan fingerprint density at radius 1 is 0.484 bits per heavy atom. The summed E-state index contributed by atoms with van der Waals surface area (Å²) >= 11 is 0. The van der Waals surface area contributed by atoms with Gasteiger partial charge in [-0.25, -0.2) is 4.79 Å². The fourth-order valence-electron chi connectivity index (χ4n) is 4.26. The second kappa shape index (κ2) is 25.5. The maximum Gasteiger partial charge on any atom is 0.316 e. The maximum atomic E-state index is 11.4. The summed E-state index contributed by atoms with van der Waals surface area (Å²) in [6.45, 7) is 3.11. The number of unbranched alkanes of at least 4 members (excludes halogenated alkanes) is 22. The van der Waals surface area contributed by atoms with Crippen molar-refractivity contribution in [2.75, 3.05) is 20.6 Å². The van der Waals surface area contributed by atoms with Crippen molar-refractivity contribution in [2.24, 2.45) is 0 Å². The molecule has 0 saturated carbocycles. The second-order valence-corrected chi connectivity index (χ2v) is 9.90. The second-order valence-electron chi connectivity index (χ2n) is 9.90. The Kier molecular flexibility index (Phi) is 24.9. The summed E-state index contributed by atoms with van der Waals surface area (Å²) in [5, 5.41) is 2.93. The molecule has 0 spiro atoms. The molecule has 1 N–H and O–H groups in total. The van der Waals surface area contributed by atoms with Crippen molar-refractivity contribution in [1.82, 2.24) is 10.2 Å². The lowest BCUT2D eigenvalue weighted by molar-refractivity contribution is 0.217. The fraction of sp³-hybridized carbons (Fsp3) is 0.964. The van der Waals surface area contributed by atoms with Gasteiger partial charge < -0.3 is 10.2 Å². The monoisotopic (exact) mass is 438 g/mol. The number of hydrogen-bond donors (Lipinski definition) is 1. The van der Waals surface area contributed by atoms with E-state index in [0.29, 0.717) is 0 Å². The van der Waals surface area contributed by atoms with E-state index in [0.717, 1.165) is 13.0 Å². The van der Waals surface area contributed by atoms with Crippen LogP contribution >= 0.6 is 0 Å². The van der Waals surface area contributed by atoms with Crippen molar-refractivity contribution in [3.63, 3.8) is 0 Å². The number of carbonyl (C=O) groups is 1. The minimum atomic E-state index is 0.0267. The summed E-state index contributed by atoms with van der Waals surface area (Å²) in [6.07, 6.45) is 32.5. The molecule has 3 nitrogen and oxygen atoms in total. The number of urea groups is 1. The zero-order valence-electron chi connectivity index (χ0n) is 21.8. The molecule has 31 heavy (non-hydrogen) atoms. The molecule has 2 amide bonds. The third-order valence-corrected chi connectivity index (χ3v) is 6.46. The molecule has 0 bridgehead atoms. The van der Waals surface area contributed by atoms with Crippen LogP contribution in [0, 0.1) is 0 Å². The van der Waals surface area contributed by atoms with Crippen molar-refractivity contribution >= 4 is 6.03 Å². The fourth-order valence-corrected chi connectivity index (χ4v) is 4.26. The van der Waals surface area contributed by atoms with E-state index in [2.05, 4.69) is 12.2 Å². The minimum Gasteiger partial charge on any atom is -0.338 e. The van der Waals surface area contributed by atoms with E-state index < -0.39 is 0 Å². The van der Waals surface area contributed by atoms with Crippen LogP contribution < -0.4 is 5.32 Å². The first-order valence-electron chi connectivity index (χ1n) is 14.1. The molecule has 0 aromatic rings. The zero-order valence-corrected chi connectivity index (χ0v) is 21.8. The standard InChI is InChI=1S/C28H58N2O/c1-4-5-6-7-8-9-10-11-12-13-14-15-16-17-18-19-20-21-22-23-24-25-26-27-29-28(31)30(2)3/h4-27H2,1-3H3,(H,29,31). The third-order valence-electron chi connectivity index (χ3n) is 6.46. The van der Waals surface area contributed by atoms with Gasteiger partial charge >= 0.3 is 6.03 Å². The largest absolute Gasteiger partial charge is 0.338 e. The van der Waals surface area contributed by atoms with Gasteiger partial charge in [0.25, 0.3) is 0 Å². The molecule has 186 valence electrons. The number of nitrogens with one attached hydrogen (secondary N) is 1. The SMILES string of the molecule is CCCCCCCCCCCCCCCCCCCCCCCCCNC(=O)N(C)C. The maximum absolute atomic E-state index is 11.4. The van der Waals surface area contributed by atoms with Crippen LogP contribution in [0.3, 0.4) is 0 Å². The molecule has 0 fully saturated rings. The Labute approximate surface area is 196 Å². The molecular formula is C28H58N2O. The normalized spacial score (nSPS) is 11.1. The molecule has 0 aliphatic carbocycles. The average molecular weight is 439 g/mol. The Morgan fingerprint density at radius 2 is 0.742 bits per heavy atom. The van der Waals surface area contributed by atoms with Crippen LogP contribution in [0.5, 0.6) is 0 Å². The van der Waals surface area contributed by atoms with E-state index in [1.165, 1.54) is 141 Å². The quantitative estimate of drug-likeness (QED) is 0.150. The van der Waals surface area contributed by atoms with Gasteiger partial charge in [0.05, 0.1) is 0 Å². The summed E-state index contributed by atoms with van der Waals surface area (Å²) in [5.74, 6) is 0. The van der Waals surface area contributed by atoms with E-state index in [-0.39, 0.29) is 6.03 Å². The highest BCUT2D eigenvalue weighted by Gasteiger charge is 2.00. The van der Waals surface area contributed by atoms with Crippen LogP contribution in [0.1, 0.15) is 155 Å². The number of rotatable bonds is 24.